The Bertz CT molecular complexity index is 538. The van der Waals surface area contributed by atoms with Crippen LogP contribution >= 0.6 is 0 Å². The smallest absolute Gasteiger partial charge is 0.191 e. The highest BCUT2D eigenvalue weighted by atomic mass is 16.5. The van der Waals surface area contributed by atoms with E-state index < -0.39 is 0 Å². The van der Waals surface area contributed by atoms with Crippen LogP contribution in [0, 0.1) is 0 Å². The Balaban J connectivity index is 1.40. The Morgan fingerprint density at radius 1 is 1.17 bits per heavy atom. The highest BCUT2D eigenvalue weighted by Gasteiger charge is 2.11. The Morgan fingerprint density at radius 2 is 2.00 bits per heavy atom. The van der Waals surface area contributed by atoms with E-state index in [2.05, 4.69) is 38.7 Å². The number of nitrogens with one attached hydrogen (secondary N) is 2. The zero-order valence-corrected chi connectivity index (χ0v) is 14.1. The number of aryl methyl sites for hydroxylation is 2. The molecule has 0 atom stereocenters. The van der Waals surface area contributed by atoms with E-state index in [0.717, 1.165) is 51.9 Å². The summed E-state index contributed by atoms with van der Waals surface area (Å²) in [5, 5.41) is 6.81. The van der Waals surface area contributed by atoms with Crippen molar-refractivity contribution in [2.45, 2.75) is 25.8 Å². The molecule has 1 aliphatic carbocycles. The summed E-state index contributed by atoms with van der Waals surface area (Å²) in [6, 6.07) is 6.86. The molecule has 0 amide bonds. The molecule has 0 bridgehead atoms. The molecule has 0 spiro atoms. The van der Waals surface area contributed by atoms with Crippen molar-refractivity contribution in [1.82, 2.24) is 15.5 Å². The van der Waals surface area contributed by atoms with Gasteiger partial charge in [0.05, 0.1) is 13.2 Å². The number of rotatable bonds is 5. The zero-order valence-electron chi connectivity index (χ0n) is 14.1. The van der Waals surface area contributed by atoms with Crippen LogP contribution in [0.3, 0.4) is 0 Å². The molecule has 1 aliphatic heterocycles. The fourth-order valence-corrected chi connectivity index (χ4v) is 3.30. The molecule has 23 heavy (non-hydrogen) atoms. The number of hydrogen-bond acceptors (Lipinski definition) is 3. The summed E-state index contributed by atoms with van der Waals surface area (Å²) in [6.07, 6.45) is 3.78. The molecule has 1 heterocycles. The fraction of sp³-hybridized carbons (Fsp3) is 0.611. The van der Waals surface area contributed by atoms with Crippen LogP contribution in [-0.2, 0) is 24.1 Å². The van der Waals surface area contributed by atoms with Crippen LogP contribution < -0.4 is 10.6 Å². The second kappa shape index (κ2) is 8.31. The average molecular weight is 316 g/mol. The van der Waals surface area contributed by atoms with Crippen LogP contribution in [0.2, 0.25) is 0 Å². The Labute approximate surface area is 139 Å². The molecule has 0 saturated carbocycles. The van der Waals surface area contributed by atoms with Gasteiger partial charge in [-0.2, -0.15) is 0 Å². The molecule has 0 radical (unpaired) electrons. The summed E-state index contributed by atoms with van der Waals surface area (Å²) < 4.78 is 5.37. The van der Waals surface area contributed by atoms with Gasteiger partial charge in [0.25, 0.3) is 0 Å². The molecular formula is C18H28N4O. The lowest BCUT2D eigenvalue weighted by molar-refractivity contribution is 0.0389. The first kappa shape index (κ1) is 16.3. The first-order valence-electron chi connectivity index (χ1n) is 8.70. The van der Waals surface area contributed by atoms with Crippen molar-refractivity contribution in [3.63, 3.8) is 0 Å². The third kappa shape index (κ3) is 4.69. The van der Waals surface area contributed by atoms with Crippen LogP contribution in [0.5, 0.6) is 0 Å². The fourth-order valence-electron chi connectivity index (χ4n) is 3.30. The molecular weight excluding hydrogens is 288 g/mol. The molecule has 5 nitrogen and oxygen atoms in total. The number of fused-ring (bicyclic) bond motifs is 1. The maximum Gasteiger partial charge on any atom is 0.191 e. The van der Waals surface area contributed by atoms with Gasteiger partial charge in [-0.1, -0.05) is 18.2 Å². The minimum Gasteiger partial charge on any atom is -0.379 e. The van der Waals surface area contributed by atoms with Crippen LogP contribution in [0.25, 0.3) is 0 Å². The highest BCUT2D eigenvalue weighted by molar-refractivity contribution is 5.79. The quantitative estimate of drug-likeness (QED) is 0.632. The number of ether oxygens (including phenoxy) is 1. The van der Waals surface area contributed by atoms with Crippen molar-refractivity contribution in [3.05, 3.63) is 34.9 Å². The third-order valence-corrected chi connectivity index (χ3v) is 4.67. The van der Waals surface area contributed by atoms with E-state index in [9.17, 15) is 0 Å². The Kier molecular flexibility index (Phi) is 5.88. The van der Waals surface area contributed by atoms with E-state index in [1.807, 2.05) is 7.05 Å². The standard InChI is InChI=1S/C18H28N4O/c1-19-18(20-7-8-22-9-11-23-12-10-22)21-14-15-5-6-16-3-2-4-17(16)13-15/h5-6,13H,2-4,7-12,14H2,1H3,(H2,19,20,21). The summed E-state index contributed by atoms with van der Waals surface area (Å²) in [5.41, 5.74) is 4.39. The first-order valence-corrected chi connectivity index (χ1v) is 8.70. The summed E-state index contributed by atoms with van der Waals surface area (Å²) >= 11 is 0. The lowest BCUT2D eigenvalue weighted by Gasteiger charge is -2.26. The lowest BCUT2D eigenvalue weighted by atomic mass is 10.1. The number of hydrogen-bond donors (Lipinski definition) is 2. The van der Waals surface area contributed by atoms with Gasteiger partial charge in [0, 0.05) is 39.8 Å². The van der Waals surface area contributed by atoms with Crippen LogP contribution in [0.15, 0.2) is 23.2 Å². The maximum absolute atomic E-state index is 5.37. The minimum atomic E-state index is 0.824. The van der Waals surface area contributed by atoms with Crippen molar-refractivity contribution < 1.29 is 4.74 Å². The van der Waals surface area contributed by atoms with Gasteiger partial charge in [-0.3, -0.25) is 9.89 Å². The van der Waals surface area contributed by atoms with E-state index in [1.54, 1.807) is 0 Å². The van der Waals surface area contributed by atoms with Crippen molar-refractivity contribution in [1.29, 1.82) is 0 Å². The molecule has 2 N–H and O–H groups in total. The minimum absolute atomic E-state index is 0.824. The third-order valence-electron chi connectivity index (χ3n) is 4.67. The van der Waals surface area contributed by atoms with E-state index in [0.29, 0.717) is 0 Å². The summed E-state index contributed by atoms with van der Waals surface area (Å²) in [6.45, 7) is 6.53. The van der Waals surface area contributed by atoms with E-state index in [-0.39, 0.29) is 0 Å². The molecule has 1 aromatic carbocycles. The maximum atomic E-state index is 5.37. The molecule has 0 unspecified atom stereocenters. The molecule has 1 fully saturated rings. The highest BCUT2D eigenvalue weighted by Crippen LogP contribution is 2.22. The van der Waals surface area contributed by atoms with E-state index in [1.165, 1.54) is 36.0 Å². The molecule has 5 heteroatoms. The monoisotopic (exact) mass is 316 g/mol. The zero-order chi connectivity index (χ0) is 15.9. The van der Waals surface area contributed by atoms with Crippen molar-refractivity contribution in [2.75, 3.05) is 46.4 Å². The summed E-state index contributed by atoms with van der Waals surface area (Å²) in [4.78, 5) is 6.73. The molecule has 1 aromatic rings. The summed E-state index contributed by atoms with van der Waals surface area (Å²) in [5.74, 6) is 0.874. The van der Waals surface area contributed by atoms with E-state index >= 15 is 0 Å². The first-order chi connectivity index (χ1) is 11.3. The predicted molar refractivity (Wildman–Crippen MR) is 93.9 cm³/mol. The second-order valence-electron chi connectivity index (χ2n) is 6.26. The SMILES string of the molecule is CN=C(NCCN1CCOCC1)NCc1ccc2c(c1)CCC2. The Morgan fingerprint density at radius 3 is 2.83 bits per heavy atom. The van der Waals surface area contributed by atoms with Crippen molar-refractivity contribution in [3.8, 4) is 0 Å². The second-order valence-corrected chi connectivity index (χ2v) is 6.26. The average Bonchev–Trinajstić information content (AvgIpc) is 3.06. The lowest BCUT2D eigenvalue weighted by Crippen LogP contribution is -2.44. The molecule has 1 saturated heterocycles. The number of nitrogens with zero attached hydrogens (tertiary/aromatic N) is 2. The molecule has 126 valence electrons. The van der Waals surface area contributed by atoms with Gasteiger partial charge < -0.3 is 15.4 Å². The van der Waals surface area contributed by atoms with Gasteiger partial charge in [-0.25, -0.2) is 0 Å². The van der Waals surface area contributed by atoms with Gasteiger partial charge in [0.15, 0.2) is 5.96 Å². The van der Waals surface area contributed by atoms with Gasteiger partial charge >= 0.3 is 0 Å². The van der Waals surface area contributed by atoms with Crippen molar-refractivity contribution in [2.24, 2.45) is 4.99 Å². The van der Waals surface area contributed by atoms with Crippen LogP contribution in [0.1, 0.15) is 23.1 Å². The van der Waals surface area contributed by atoms with Gasteiger partial charge in [-0.15, -0.1) is 0 Å². The summed E-state index contributed by atoms with van der Waals surface area (Å²) in [7, 11) is 1.83. The predicted octanol–water partition coefficient (Wildman–Crippen LogP) is 1.17. The van der Waals surface area contributed by atoms with Gasteiger partial charge in [0.2, 0.25) is 0 Å². The topological polar surface area (TPSA) is 48.9 Å². The van der Waals surface area contributed by atoms with Gasteiger partial charge in [-0.05, 0) is 36.0 Å². The van der Waals surface area contributed by atoms with Crippen molar-refractivity contribution >= 4 is 5.96 Å². The number of aliphatic imine (C=N–C) groups is 1. The molecule has 2 aliphatic rings. The Hall–Kier alpha value is -1.59. The number of guanidine groups is 1. The number of morpholine rings is 1. The molecule has 3 rings (SSSR count). The van der Waals surface area contributed by atoms with Crippen LogP contribution in [0.4, 0.5) is 0 Å². The molecule has 0 aromatic heterocycles. The normalized spacial score (nSPS) is 18.7. The number of benzene rings is 1. The van der Waals surface area contributed by atoms with E-state index in [4.69, 9.17) is 4.74 Å². The van der Waals surface area contributed by atoms with Crippen LogP contribution in [-0.4, -0.2) is 57.3 Å². The van der Waals surface area contributed by atoms with Gasteiger partial charge in [0.1, 0.15) is 0 Å². The largest absolute Gasteiger partial charge is 0.379 e.